The van der Waals surface area contributed by atoms with Gasteiger partial charge in [-0.2, -0.15) is 0 Å². The quantitative estimate of drug-likeness (QED) is 0.495. The Morgan fingerprint density at radius 1 is 0.870 bits per heavy atom. The summed E-state index contributed by atoms with van der Waals surface area (Å²) in [5, 5.41) is 0. The molecule has 23 heavy (non-hydrogen) atoms. The molecule has 0 aliphatic heterocycles. The third kappa shape index (κ3) is 8.29. The van der Waals surface area contributed by atoms with Crippen LogP contribution in [0.5, 0.6) is 5.75 Å². The van der Waals surface area contributed by atoms with Gasteiger partial charge in [0.1, 0.15) is 5.75 Å². The number of anilines is 1. The lowest BCUT2D eigenvalue weighted by molar-refractivity contribution is 0.414. The summed E-state index contributed by atoms with van der Waals surface area (Å²) in [4.78, 5) is 2.53. The van der Waals surface area contributed by atoms with Gasteiger partial charge in [-0.3, -0.25) is 0 Å². The largest absolute Gasteiger partial charge is 0.497 e. The Balaban J connectivity index is 2.53. The molecule has 0 radical (unpaired) electrons. The molecule has 132 valence electrons. The summed E-state index contributed by atoms with van der Waals surface area (Å²) in [5.74, 6) is 3.24. The van der Waals surface area contributed by atoms with Crippen LogP contribution in [0.1, 0.15) is 60.3 Å². The molecule has 0 saturated carbocycles. The minimum Gasteiger partial charge on any atom is -0.497 e. The fraction of sp³-hybridized carbons (Fsp3) is 0.714. The van der Waals surface area contributed by atoms with Gasteiger partial charge in [-0.15, -0.1) is 0 Å². The molecule has 2 nitrogen and oxygen atoms in total. The van der Waals surface area contributed by atoms with Crippen molar-refractivity contribution >= 4 is 5.69 Å². The second kappa shape index (κ2) is 10.6. The summed E-state index contributed by atoms with van der Waals surface area (Å²) in [6, 6.07) is 8.50. The van der Waals surface area contributed by atoms with Crippen molar-refractivity contribution in [3.63, 3.8) is 0 Å². The highest BCUT2D eigenvalue weighted by Crippen LogP contribution is 2.22. The fourth-order valence-corrected chi connectivity index (χ4v) is 2.95. The van der Waals surface area contributed by atoms with Crippen molar-refractivity contribution in [1.29, 1.82) is 0 Å². The van der Waals surface area contributed by atoms with Gasteiger partial charge in [0.25, 0.3) is 0 Å². The minimum absolute atomic E-state index is 0.674. The third-order valence-electron chi connectivity index (χ3n) is 4.39. The van der Waals surface area contributed by atoms with E-state index in [1.807, 2.05) is 0 Å². The first-order valence-electron chi connectivity index (χ1n) is 9.31. The standard InChI is InChI=1S/C21H37NO/c1-17(2)8-7-9-19(5)14-15-22(16-18(3)4)20-10-12-21(23-6)13-11-20/h10-13,17-19H,7-9,14-16H2,1-6H3. The van der Waals surface area contributed by atoms with Gasteiger partial charge in [-0.25, -0.2) is 0 Å². The number of hydrogen-bond acceptors (Lipinski definition) is 2. The molecule has 0 spiro atoms. The van der Waals surface area contributed by atoms with Crippen LogP contribution in [0.25, 0.3) is 0 Å². The molecule has 0 heterocycles. The van der Waals surface area contributed by atoms with Gasteiger partial charge >= 0.3 is 0 Å². The molecule has 0 N–H and O–H groups in total. The van der Waals surface area contributed by atoms with Crippen LogP contribution in [-0.4, -0.2) is 20.2 Å². The van der Waals surface area contributed by atoms with Crippen molar-refractivity contribution in [2.75, 3.05) is 25.1 Å². The molecule has 0 amide bonds. The van der Waals surface area contributed by atoms with Crippen LogP contribution in [0.2, 0.25) is 0 Å². The topological polar surface area (TPSA) is 12.5 Å². The van der Waals surface area contributed by atoms with Crippen molar-refractivity contribution in [3.8, 4) is 5.75 Å². The number of benzene rings is 1. The number of ether oxygens (including phenoxy) is 1. The average molecular weight is 320 g/mol. The maximum atomic E-state index is 5.27. The highest BCUT2D eigenvalue weighted by molar-refractivity contribution is 5.49. The van der Waals surface area contributed by atoms with Crippen LogP contribution >= 0.6 is 0 Å². The van der Waals surface area contributed by atoms with Gasteiger partial charge in [-0.05, 0) is 48.4 Å². The molecule has 0 fully saturated rings. The molecule has 1 rings (SSSR count). The normalized spacial score (nSPS) is 12.7. The van der Waals surface area contributed by atoms with E-state index in [9.17, 15) is 0 Å². The summed E-state index contributed by atoms with van der Waals surface area (Å²) < 4.78 is 5.27. The van der Waals surface area contributed by atoms with Gasteiger partial charge in [-0.1, -0.05) is 53.9 Å². The predicted octanol–water partition coefficient (Wildman–Crippen LogP) is 6.01. The zero-order valence-corrected chi connectivity index (χ0v) is 16.1. The lowest BCUT2D eigenvalue weighted by Gasteiger charge is -2.28. The summed E-state index contributed by atoms with van der Waals surface area (Å²) in [7, 11) is 1.72. The molecular weight excluding hydrogens is 282 g/mol. The van der Waals surface area contributed by atoms with Crippen molar-refractivity contribution in [2.45, 2.75) is 60.3 Å². The van der Waals surface area contributed by atoms with Crippen LogP contribution in [0.4, 0.5) is 5.69 Å². The number of methoxy groups -OCH3 is 1. The van der Waals surface area contributed by atoms with E-state index in [4.69, 9.17) is 4.74 Å². The van der Waals surface area contributed by atoms with Crippen molar-refractivity contribution in [1.82, 2.24) is 0 Å². The van der Waals surface area contributed by atoms with Crippen LogP contribution in [0.15, 0.2) is 24.3 Å². The van der Waals surface area contributed by atoms with Gasteiger partial charge in [0.05, 0.1) is 7.11 Å². The Labute approximate surface area is 144 Å². The maximum Gasteiger partial charge on any atom is 0.119 e. The predicted molar refractivity (Wildman–Crippen MR) is 103 cm³/mol. The SMILES string of the molecule is COc1ccc(N(CCC(C)CCCC(C)C)CC(C)C)cc1. The number of rotatable bonds is 11. The minimum atomic E-state index is 0.674. The molecule has 0 bridgehead atoms. The smallest absolute Gasteiger partial charge is 0.119 e. The summed E-state index contributed by atoms with van der Waals surface area (Å²) in [6.07, 6.45) is 5.36. The van der Waals surface area contributed by atoms with Crippen molar-refractivity contribution < 1.29 is 4.74 Å². The van der Waals surface area contributed by atoms with E-state index >= 15 is 0 Å². The maximum absolute atomic E-state index is 5.27. The van der Waals surface area contributed by atoms with Gasteiger partial charge < -0.3 is 9.64 Å². The molecule has 0 aromatic heterocycles. The molecule has 1 aromatic carbocycles. The lowest BCUT2D eigenvalue weighted by atomic mass is 9.97. The fourth-order valence-electron chi connectivity index (χ4n) is 2.95. The summed E-state index contributed by atoms with van der Waals surface area (Å²) in [5.41, 5.74) is 1.31. The molecule has 0 aliphatic carbocycles. The number of nitrogens with zero attached hydrogens (tertiary/aromatic N) is 1. The zero-order valence-electron chi connectivity index (χ0n) is 16.1. The Morgan fingerprint density at radius 3 is 2.04 bits per heavy atom. The first-order chi connectivity index (χ1) is 10.9. The molecule has 1 atom stereocenters. The van der Waals surface area contributed by atoms with E-state index in [0.29, 0.717) is 5.92 Å². The first kappa shape index (κ1) is 19.9. The van der Waals surface area contributed by atoms with E-state index < -0.39 is 0 Å². The van der Waals surface area contributed by atoms with Crippen LogP contribution in [-0.2, 0) is 0 Å². The van der Waals surface area contributed by atoms with E-state index in [1.54, 1.807) is 7.11 Å². The van der Waals surface area contributed by atoms with Crippen LogP contribution in [0, 0.1) is 17.8 Å². The Bertz CT molecular complexity index is 410. The van der Waals surface area contributed by atoms with Crippen LogP contribution in [0.3, 0.4) is 0 Å². The molecule has 0 aliphatic rings. The molecule has 0 saturated heterocycles. The van der Waals surface area contributed by atoms with Gasteiger partial charge in [0.2, 0.25) is 0 Å². The lowest BCUT2D eigenvalue weighted by Crippen LogP contribution is -2.29. The third-order valence-corrected chi connectivity index (χ3v) is 4.39. The van der Waals surface area contributed by atoms with E-state index in [2.05, 4.69) is 63.8 Å². The number of hydrogen-bond donors (Lipinski definition) is 0. The van der Waals surface area contributed by atoms with E-state index in [-0.39, 0.29) is 0 Å². The van der Waals surface area contributed by atoms with Crippen molar-refractivity contribution in [3.05, 3.63) is 24.3 Å². The van der Waals surface area contributed by atoms with Gasteiger partial charge in [0, 0.05) is 18.8 Å². The summed E-state index contributed by atoms with van der Waals surface area (Å²) in [6.45, 7) is 13.9. The van der Waals surface area contributed by atoms with E-state index in [0.717, 1.165) is 30.7 Å². The summed E-state index contributed by atoms with van der Waals surface area (Å²) >= 11 is 0. The Hall–Kier alpha value is -1.18. The van der Waals surface area contributed by atoms with Gasteiger partial charge in [0.15, 0.2) is 0 Å². The van der Waals surface area contributed by atoms with Crippen LogP contribution < -0.4 is 9.64 Å². The first-order valence-corrected chi connectivity index (χ1v) is 9.31. The van der Waals surface area contributed by atoms with Crippen molar-refractivity contribution in [2.24, 2.45) is 17.8 Å². The molecular formula is C21H37NO. The highest BCUT2D eigenvalue weighted by atomic mass is 16.5. The average Bonchev–Trinajstić information content (AvgIpc) is 2.51. The Morgan fingerprint density at radius 2 is 1.52 bits per heavy atom. The zero-order chi connectivity index (χ0) is 17.2. The second-order valence-electron chi connectivity index (χ2n) is 7.76. The highest BCUT2D eigenvalue weighted by Gasteiger charge is 2.11. The molecule has 1 aromatic rings. The molecule has 2 heteroatoms. The Kier molecular flexibility index (Phi) is 9.13. The second-order valence-corrected chi connectivity index (χ2v) is 7.76. The molecule has 1 unspecified atom stereocenters. The van der Waals surface area contributed by atoms with E-state index in [1.165, 1.54) is 31.4 Å². The monoisotopic (exact) mass is 319 g/mol.